The van der Waals surface area contributed by atoms with Gasteiger partial charge in [-0.3, -0.25) is 9.78 Å². The molecule has 0 amide bonds. The van der Waals surface area contributed by atoms with E-state index in [4.69, 9.17) is 9.47 Å². The number of aromatic nitrogens is 2. The quantitative estimate of drug-likeness (QED) is 0.348. The number of ether oxygens (including phenoxy) is 2. The fraction of sp³-hybridized carbons (Fsp3) is 0.241. The van der Waals surface area contributed by atoms with Crippen molar-refractivity contribution in [3.63, 3.8) is 0 Å². The van der Waals surface area contributed by atoms with Gasteiger partial charge in [0.05, 0.1) is 18.4 Å². The van der Waals surface area contributed by atoms with Gasteiger partial charge in [0, 0.05) is 12.0 Å². The molecule has 3 aromatic carbocycles. The number of benzene rings is 3. The molecule has 4 aromatic rings. The van der Waals surface area contributed by atoms with Crippen LogP contribution in [0.2, 0.25) is 0 Å². The zero-order valence-electron chi connectivity index (χ0n) is 19.9. The summed E-state index contributed by atoms with van der Waals surface area (Å²) in [6.07, 6.45) is -1.88. The van der Waals surface area contributed by atoms with Gasteiger partial charge < -0.3 is 19.6 Å². The molecule has 0 aliphatic carbocycles. The fourth-order valence-corrected chi connectivity index (χ4v) is 4.93. The largest absolute Gasteiger partial charge is 0.390 e. The van der Waals surface area contributed by atoms with Gasteiger partial charge >= 0.3 is 5.69 Å². The topological polar surface area (TPSA) is 104 Å². The summed E-state index contributed by atoms with van der Waals surface area (Å²) in [5.41, 5.74) is 1.56. The van der Waals surface area contributed by atoms with Crippen molar-refractivity contribution in [3.8, 4) is 0 Å². The van der Waals surface area contributed by atoms with E-state index in [-0.39, 0.29) is 13.0 Å². The normalized spacial score (nSPS) is 19.9. The van der Waals surface area contributed by atoms with Crippen molar-refractivity contribution >= 4 is 0 Å². The minimum absolute atomic E-state index is 0.0861. The van der Waals surface area contributed by atoms with E-state index in [9.17, 15) is 14.7 Å². The second kappa shape index (κ2) is 10.1. The van der Waals surface area contributed by atoms with Gasteiger partial charge in [0.25, 0.3) is 5.56 Å². The predicted octanol–water partition coefficient (Wildman–Crippen LogP) is 3.57. The molecule has 184 valence electrons. The molecule has 0 radical (unpaired) electrons. The molecule has 0 saturated carbocycles. The summed E-state index contributed by atoms with van der Waals surface area (Å²) in [5, 5.41) is 10.9. The van der Waals surface area contributed by atoms with Gasteiger partial charge in [0.2, 0.25) is 0 Å². The predicted molar refractivity (Wildman–Crippen MR) is 136 cm³/mol. The van der Waals surface area contributed by atoms with Crippen LogP contribution in [0, 0.1) is 6.92 Å². The molecule has 7 heteroatoms. The van der Waals surface area contributed by atoms with Crippen molar-refractivity contribution in [3.05, 3.63) is 140 Å². The molecule has 1 aliphatic heterocycles. The highest BCUT2D eigenvalue weighted by molar-refractivity contribution is 5.47. The van der Waals surface area contributed by atoms with Gasteiger partial charge in [-0.05, 0) is 23.6 Å². The van der Waals surface area contributed by atoms with E-state index in [0.29, 0.717) is 11.3 Å². The first-order valence-electron chi connectivity index (χ1n) is 12.0. The molecule has 5 rings (SSSR count). The first-order valence-corrected chi connectivity index (χ1v) is 12.0. The molecule has 1 saturated heterocycles. The van der Waals surface area contributed by atoms with E-state index in [1.165, 1.54) is 0 Å². The molecule has 0 bridgehead atoms. The number of hydrogen-bond donors (Lipinski definition) is 3. The molecule has 3 N–H and O–H groups in total. The molecular formula is C29H28N2O5. The van der Waals surface area contributed by atoms with Gasteiger partial charge in [-0.25, -0.2) is 4.79 Å². The van der Waals surface area contributed by atoms with Crippen LogP contribution in [-0.2, 0) is 15.1 Å². The number of nitrogens with one attached hydrogen (secondary N) is 2. The fourth-order valence-electron chi connectivity index (χ4n) is 4.93. The van der Waals surface area contributed by atoms with Crippen LogP contribution in [0.4, 0.5) is 0 Å². The molecule has 0 unspecified atom stereocenters. The number of hydrogen-bond acceptors (Lipinski definition) is 5. The Bertz CT molecular complexity index is 1320. The molecule has 3 atom stereocenters. The third-order valence-corrected chi connectivity index (χ3v) is 6.77. The highest BCUT2D eigenvalue weighted by atomic mass is 16.6. The Labute approximate surface area is 208 Å². The first kappa shape index (κ1) is 23.9. The monoisotopic (exact) mass is 484 g/mol. The van der Waals surface area contributed by atoms with Crippen molar-refractivity contribution < 1.29 is 14.6 Å². The highest BCUT2D eigenvalue weighted by Gasteiger charge is 2.42. The third-order valence-electron chi connectivity index (χ3n) is 6.77. The molecule has 7 nitrogen and oxygen atoms in total. The Hall–Kier alpha value is -3.78. The Morgan fingerprint density at radius 2 is 1.36 bits per heavy atom. The lowest BCUT2D eigenvalue weighted by Crippen LogP contribution is -2.38. The minimum atomic E-state index is -0.945. The summed E-state index contributed by atoms with van der Waals surface area (Å²) in [4.78, 5) is 28.8. The third kappa shape index (κ3) is 4.44. The number of rotatable bonds is 7. The second-order valence-electron chi connectivity index (χ2n) is 9.00. The molecule has 0 spiro atoms. The van der Waals surface area contributed by atoms with Gasteiger partial charge in [0.15, 0.2) is 0 Å². The maximum atomic E-state index is 12.1. The molecular weight excluding hydrogens is 456 g/mol. The number of H-pyrrole nitrogens is 2. The first-order chi connectivity index (χ1) is 17.5. The van der Waals surface area contributed by atoms with Gasteiger partial charge in [-0.15, -0.1) is 0 Å². The Morgan fingerprint density at radius 3 is 1.86 bits per heavy atom. The zero-order valence-corrected chi connectivity index (χ0v) is 19.9. The van der Waals surface area contributed by atoms with E-state index in [1.807, 2.05) is 91.0 Å². The average Bonchev–Trinajstić information content (AvgIpc) is 3.28. The molecule has 1 fully saturated rings. The van der Waals surface area contributed by atoms with Crippen molar-refractivity contribution in [2.75, 3.05) is 6.61 Å². The van der Waals surface area contributed by atoms with Crippen LogP contribution in [-0.4, -0.2) is 33.9 Å². The molecule has 36 heavy (non-hydrogen) atoms. The van der Waals surface area contributed by atoms with Crippen molar-refractivity contribution in [1.29, 1.82) is 0 Å². The number of aromatic amines is 2. The number of aliphatic hydroxyl groups is 1. The van der Waals surface area contributed by atoms with E-state index in [0.717, 1.165) is 16.7 Å². The molecule has 1 aliphatic rings. The lowest BCUT2D eigenvalue weighted by atomic mass is 9.80. The van der Waals surface area contributed by atoms with E-state index < -0.39 is 35.2 Å². The minimum Gasteiger partial charge on any atom is -0.390 e. The lowest BCUT2D eigenvalue weighted by molar-refractivity contribution is -0.0833. The van der Waals surface area contributed by atoms with Gasteiger partial charge in [-0.2, -0.15) is 0 Å². The summed E-state index contributed by atoms with van der Waals surface area (Å²) in [5.74, 6) is 0. The van der Waals surface area contributed by atoms with Crippen LogP contribution in [0.25, 0.3) is 0 Å². The van der Waals surface area contributed by atoms with Crippen LogP contribution in [0.15, 0.2) is 101 Å². The standard InChI is InChI=1S/C29H28N2O5/c1-19-26(30-28(34)31-27(19)33)24-17-23(32)25(36-24)18-35-29(20-11-5-2-6-12-20,21-13-7-3-8-14-21)22-15-9-4-10-16-22/h2-16,23-25,32H,17-18H2,1H3,(H2,30,31,33,34)/t23-,24+,25+/m1/s1. The Balaban J connectivity index is 1.51. The van der Waals surface area contributed by atoms with E-state index in [1.54, 1.807) is 6.92 Å². The maximum Gasteiger partial charge on any atom is 0.325 e. The Kier molecular flexibility index (Phi) is 6.69. The van der Waals surface area contributed by atoms with Crippen LogP contribution in [0.1, 0.15) is 40.5 Å². The van der Waals surface area contributed by atoms with Crippen molar-refractivity contribution in [2.24, 2.45) is 0 Å². The zero-order chi connectivity index (χ0) is 25.1. The molecule has 2 heterocycles. The average molecular weight is 485 g/mol. The van der Waals surface area contributed by atoms with Gasteiger partial charge in [0.1, 0.15) is 17.8 Å². The van der Waals surface area contributed by atoms with E-state index in [2.05, 4.69) is 9.97 Å². The number of aliphatic hydroxyl groups excluding tert-OH is 1. The van der Waals surface area contributed by atoms with Crippen LogP contribution in [0.3, 0.4) is 0 Å². The van der Waals surface area contributed by atoms with Crippen molar-refractivity contribution in [2.45, 2.75) is 37.3 Å². The van der Waals surface area contributed by atoms with Crippen LogP contribution >= 0.6 is 0 Å². The summed E-state index contributed by atoms with van der Waals surface area (Å²) in [7, 11) is 0. The summed E-state index contributed by atoms with van der Waals surface area (Å²) < 4.78 is 12.9. The summed E-state index contributed by atoms with van der Waals surface area (Å²) >= 11 is 0. The highest BCUT2D eigenvalue weighted by Crippen LogP contribution is 2.42. The lowest BCUT2D eigenvalue weighted by Gasteiger charge is -2.37. The smallest absolute Gasteiger partial charge is 0.325 e. The van der Waals surface area contributed by atoms with Crippen LogP contribution in [0.5, 0.6) is 0 Å². The van der Waals surface area contributed by atoms with Crippen molar-refractivity contribution in [1.82, 2.24) is 9.97 Å². The maximum absolute atomic E-state index is 12.1. The summed E-state index contributed by atoms with van der Waals surface area (Å²) in [6, 6.07) is 29.9. The summed E-state index contributed by atoms with van der Waals surface area (Å²) in [6.45, 7) is 1.71. The second-order valence-corrected chi connectivity index (χ2v) is 9.00. The molecule has 1 aromatic heterocycles. The van der Waals surface area contributed by atoms with E-state index >= 15 is 0 Å². The Morgan fingerprint density at radius 1 is 0.861 bits per heavy atom. The van der Waals surface area contributed by atoms with Crippen LogP contribution < -0.4 is 11.2 Å². The SMILES string of the molecule is Cc1c([C@@H]2C[C@@H](O)[C@H](COC(c3ccccc3)(c3ccccc3)c3ccccc3)O2)[nH]c(=O)[nH]c1=O. The van der Waals surface area contributed by atoms with Gasteiger partial charge in [-0.1, -0.05) is 91.0 Å².